The number of hydrogen-bond donors (Lipinski definition) is 2. The van der Waals surface area contributed by atoms with Crippen LogP contribution in [0.15, 0.2) is 0 Å². The average molecular weight is 199 g/mol. The van der Waals surface area contributed by atoms with Crippen LogP contribution < -0.4 is 5.32 Å². The molecular formula is C12H25NO. The van der Waals surface area contributed by atoms with Crippen molar-refractivity contribution in [3.8, 4) is 0 Å². The van der Waals surface area contributed by atoms with E-state index < -0.39 is 0 Å². The Kier molecular flexibility index (Phi) is 4.90. The number of rotatable bonds is 4. The third-order valence-corrected chi connectivity index (χ3v) is 3.54. The molecule has 0 aromatic heterocycles. The van der Waals surface area contributed by atoms with Gasteiger partial charge in [0.2, 0.25) is 0 Å². The zero-order valence-electron chi connectivity index (χ0n) is 9.79. The Morgan fingerprint density at radius 1 is 1.36 bits per heavy atom. The van der Waals surface area contributed by atoms with Crippen molar-refractivity contribution in [2.75, 3.05) is 13.2 Å². The summed E-state index contributed by atoms with van der Waals surface area (Å²) >= 11 is 0. The monoisotopic (exact) mass is 199 g/mol. The fraction of sp³-hybridized carbons (Fsp3) is 1.00. The summed E-state index contributed by atoms with van der Waals surface area (Å²) in [6.45, 7) is 7.98. The lowest BCUT2D eigenvalue weighted by molar-refractivity contribution is 0.161. The highest BCUT2D eigenvalue weighted by atomic mass is 16.3. The van der Waals surface area contributed by atoms with Crippen molar-refractivity contribution >= 4 is 0 Å². The standard InChI is InChI=1S/C12H25NO/c1-9(2)11-5-4-10(3)8-12(11)13-6-7-14/h9-14H,4-8H2,1-3H3. The normalized spacial score (nSPS) is 33.6. The van der Waals surface area contributed by atoms with Crippen molar-refractivity contribution in [3.63, 3.8) is 0 Å². The molecule has 3 unspecified atom stereocenters. The molecular weight excluding hydrogens is 174 g/mol. The van der Waals surface area contributed by atoms with Gasteiger partial charge in [0.15, 0.2) is 0 Å². The summed E-state index contributed by atoms with van der Waals surface area (Å²) in [6, 6.07) is 0.630. The summed E-state index contributed by atoms with van der Waals surface area (Å²) in [5.41, 5.74) is 0. The first-order chi connectivity index (χ1) is 6.65. The van der Waals surface area contributed by atoms with Gasteiger partial charge in [-0.1, -0.05) is 27.2 Å². The summed E-state index contributed by atoms with van der Waals surface area (Å²) in [5, 5.41) is 12.3. The van der Waals surface area contributed by atoms with Gasteiger partial charge in [-0.2, -0.15) is 0 Å². The molecule has 0 aromatic rings. The maximum absolute atomic E-state index is 8.83. The molecule has 0 radical (unpaired) electrons. The van der Waals surface area contributed by atoms with Gasteiger partial charge in [0.25, 0.3) is 0 Å². The lowest BCUT2D eigenvalue weighted by atomic mass is 9.74. The molecule has 14 heavy (non-hydrogen) atoms. The van der Waals surface area contributed by atoms with Crippen molar-refractivity contribution in [3.05, 3.63) is 0 Å². The van der Waals surface area contributed by atoms with Gasteiger partial charge in [-0.25, -0.2) is 0 Å². The van der Waals surface area contributed by atoms with Crippen molar-refractivity contribution in [2.45, 2.75) is 46.1 Å². The lowest BCUT2D eigenvalue weighted by Crippen LogP contribution is -2.43. The molecule has 0 saturated heterocycles. The molecule has 0 aromatic carbocycles. The molecule has 1 rings (SSSR count). The van der Waals surface area contributed by atoms with Gasteiger partial charge in [-0.05, 0) is 30.6 Å². The van der Waals surface area contributed by atoms with Crippen LogP contribution in [0.2, 0.25) is 0 Å². The predicted octanol–water partition coefficient (Wildman–Crippen LogP) is 2.03. The van der Waals surface area contributed by atoms with Crippen LogP contribution in [0.1, 0.15) is 40.0 Å². The van der Waals surface area contributed by atoms with E-state index in [2.05, 4.69) is 26.1 Å². The van der Waals surface area contributed by atoms with Gasteiger partial charge < -0.3 is 10.4 Å². The van der Waals surface area contributed by atoms with Gasteiger partial charge in [-0.15, -0.1) is 0 Å². The Labute approximate surface area is 88.1 Å². The smallest absolute Gasteiger partial charge is 0.0556 e. The van der Waals surface area contributed by atoms with Gasteiger partial charge >= 0.3 is 0 Å². The predicted molar refractivity (Wildman–Crippen MR) is 60.2 cm³/mol. The number of hydrogen-bond acceptors (Lipinski definition) is 2. The van der Waals surface area contributed by atoms with Crippen LogP contribution in [0.25, 0.3) is 0 Å². The van der Waals surface area contributed by atoms with Crippen LogP contribution in [0, 0.1) is 17.8 Å². The first kappa shape index (κ1) is 12.0. The Morgan fingerprint density at radius 3 is 2.64 bits per heavy atom. The minimum Gasteiger partial charge on any atom is -0.395 e. The molecule has 1 aliphatic carbocycles. The first-order valence-electron chi connectivity index (χ1n) is 5.99. The molecule has 0 amide bonds. The third kappa shape index (κ3) is 3.25. The minimum atomic E-state index is 0.260. The molecule has 0 aliphatic heterocycles. The summed E-state index contributed by atoms with van der Waals surface area (Å²) in [4.78, 5) is 0. The zero-order valence-corrected chi connectivity index (χ0v) is 9.79. The first-order valence-corrected chi connectivity index (χ1v) is 5.99. The van der Waals surface area contributed by atoms with Gasteiger partial charge in [0.1, 0.15) is 0 Å². The van der Waals surface area contributed by atoms with Crippen LogP contribution in [0.5, 0.6) is 0 Å². The van der Waals surface area contributed by atoms with Crippen LogP contribution in [0.3, 0.4) is 0 Å². The van der Waals surface area contributed by atoms with Crippen molar-refractivity contribution in [1.29, 1.82) is 0 Å². The maximum Gasteiger partial charge on any atom is 0.0556 e. The second-order valence-electron chi connectivity index (χ2n) is 5.11. The second kappa shape index (κ2) is 5.72. The summed E-state index contributed by atoms with van der Waals surface area (Å²) in [7, 11) is 0. The highest BCUT2D eigenvalue weighted by molar-refractivity contribution is 4.85. The molecule has 2 N–H and O–H groups in total. The maximum atomic E-state index is 8.83. The number of aliphatic hydroxyl groups excluding tert-OH is 1. The topological polar surface area (TPSA) is 32.3 Å². The number of nitrogens with one attached hydrogen (secondary N) is 1. The van der Waals surface area contributed by atoms with E-state index in [0.717, 1.165) is 24.3 Å². The Morgan fingerprint density at radius 2 is 2.07 bits per heavy atom. The van der Waals surface area contributed by atoms with Crippen molar-refractivity contribution in [2.24, 2.45) is 17.8 Å². The minimum absolute atomic E-state index is 0.260. The lowest BCUT2D eigenvalue weighted by Gasteiger charge is -2.37. The molecule has 1 fully saturated rings. The van der Waals surface area contributed by atoms with Crippen molar-refractivity contribution < 1.29 is 5.11 Å². The molecule has 0 bridgehead atoms. The summed E-state index contributed by atoms with van der Waals surface area (Å²) in [5.74, 6) is 2.41. The van der Waals surface area contributed by atoms with Gasteiger partial charge in [0.05, 0.1) is 6.61 Å². The largest absolute Gasteiger partial charge is 0.395 e. The van der Waals surface area contributed by atoms with E-state index in [-0.39, 0.29) is 6.61 Å². The summed E-state index contributed by atoms with van der Waals surface area (Å²) in [6.07, 6.45) is 4.00. The fourth-order valence-electron chi connectivity index (χ4n) is 2.69. The van der Waals surface area contributed by atoms with Crippen LogP contribution in [0.4, 0.5) is 0 Å². The average Bonchev–Trinajstić information content (AvgIpc) is 2.14. The molecule has 2 heteroatoms. The van der Waals surface area contributed by atoms with Crippen LogP contribution >= 0.6 is 0 Å². The Hall–Kier alpha value is -0.0800. The molecule has 2 nitrogen and oxygen atoms in total. The van der Waals surface area contributed by atoms with E-state index in [1.165, 1.54) is 19.3 Å². The van der Waals surface area contributed by atoms with Crippen molar-refractivity contribution in [1.82, 2.24) is 5.32 Å². The van der Waals surface area contributed by atoms with E-state index in [1.807, 2.05) is 0 Å². The SMILES string of the molecule is CC1CCC(C(C)C)C(NCCO)C1. The van der Waals surface area contributed by atoms with E-state index in [1.54, 1.807) is 0 Å². The highest BCUT2D eigenvalue weighted by Crippen LogP contribution is 2.33. The quantitative estimate of drug-likeness (QED) is 0.726. The fourth-order valence-corrected chi connectivity index (χ4v) is 2.69. The van der Waals surface area contributed by atoms with Crippen LogP contribution in [-0.4, -0.2) is 24.3 Å². The molecule has 0 spiro atoms. The molecule has 3 atom stereocenters. The molecule has 0 heterocycles. The van der Waals surface area contributed by atoms with E-state index in [4.69, 9.17) is 5.11 Å². The zero-order chi connectivity index (χ0) is 10.6. The Balaban J connectivity index is 2.45. The Bertz CT molecular complexity index is 158. The highest BCUT2D eigenvalue weighted by Gasteiger charge is 2.29. The van der Waals surface area contributed by atoms with Gasteiger partial charge in [-0.3, -0.25) is 0 Å². The van der Waals surface area contributed by atoms with E-state index in [9.17, 15) is 0 Å². The molecule has 1 saturated carbocycles. The van der Waals surface area contributed by atoms with Gasteiger partial charge in [0, 0.05) is 12.6 Å². The van der Waals surface area contributed by atoms with Crippen LogP contribution in [-0.2, 0) is 0 Å². The third-order valence-electron chi connectivity index (χ3n) is 3.54. The summed E-state index contributed by atoms with van der Waals surface area (Å²) < 4.78 is 0. The second-order valence-corrected chi connectivity index (χ2v) is 5.11. The van der Waals surface area contributed by atoms with E-state index in [0.29, 0.717) is 6.04 Å². The molecule has 84 valence electrons. The van der Waals surface area contributed by atoms with E-state index >= 15 is 0 Å². The molecule has 1 aliphatic rings. The number of aliphatic hydroxyl groups is 1.